The quantitative estimate of drug-likeness (QED) is 0.236. The number of hydrogen-bond donors (Lipinski definition) is 2. The van der Waals surface area contributed by atoms with Crippen LogP contribution in [0.2, 0.25) is 0 Å². The molecule has 0 aliphatic heterocycles. The molecule has 1 atom stereocenters. The molecule has 5 rings (SSSR count). The van der Waals surface area contributed by atoms with E-state index in [1.54, 1.807) is 6.07 Å². The van der Waals surface area contributed by atoms with Crippen molar-refractivity contribution >= 4 is 28.3 Å². The Balaban J connectivity index is 1.26. The highest BCUT2D eigenvalue weighted by Crippen LogP contribution is 2.32. The van der Waals surface area contributed by atoms with Gasteiger partial charge in [-0.2, -0.15) is 4.48 Å². The number of carbonyl (C=O) groups excluding carboxylic acids is 1. The van der Waals surface area contributed by atoms with Crippen molar-refractivity contribution in [1.82, 2.24) is 14.8 Å². The zero-order valence-corrected chi connectivity index (χ0v) is 21.2. The maximum absolute atomic E-state index is 13.5. The van der Waals surface area contributed by atoms with Gasteiger partial charge in [-0.05, 0) is 29.8 Å². The second-order valence-corrected chi connectivity index (χ2v) is 9.24. The third-order valence-corrected chi connectivity index (χ3v) is 6.68. The molecule has 2 amide bonds. The molecule has 0 saturated heterocycles. The van der Waals surface area contributed by atoms with Crippen molar-refractivity contribution in [1.29, 1.82) is 0 Å². The van der Waals surface area contributed by atoms with Crippen LogP contribution >= 0.6 is 0 Å². The van der Waals surface area contributed by atoms with Crippen LogP contribution in [0.4, 0.5) is 16.2 Å². The van der Waals surface area contributed by atoms with Crippen molar-refractivity contribution in [2.45, 2.75) is 12.7 Å². The van der Waals surface area contributed by atoms with Gasteiger partial charge >= 0.3 is 6.03 Å². The monoisotopic (exact) mass is 504 g/mol. The first-order valence-electron chi connectivity index (χ1n) is 12.6. The molecule has 1 unspecified atom stereocenters. The number of aliphatic hydroxyl groups is 1. The van der Waals surface area contributed by atoms with Crippen LogP contribution in [0.5, 0.6) is 5.75 Å². The van der Waals surface area contributed by atoms with Crippen LogP contribution in [-0.4, -0.2) is 29.7 Å². The van der Waals surface area contributed by atoms with Crippen LogP contribution in [0.1, 0.15) is 17.4 Å². The fourth-order valence-electron chi connectivity index (χ4n) is 4.45. The molecule has 0 radical (unpaired) electrons. The fourth-order valence-corrected chi connectivity index (χ4v) is 4.45. The Bertz CT molecular complexity index is 1480. The third-order valence-electron chi connectivity index (χ3n) is 6.68. The van der Waals surface area contributed by atoms with E-state index in [4.69, 9.17) is 4.74 Å². The maximum atomic E-state index is 13.5. The number of nitrogens with one attached hydrogen (secondary N) is 1. The molecule has 0 bridgehead atoms. The van der Waals surface area contributed by atoms with Crippen LogP contribution in [0.15, 0.2) is 121 Å². The molecule has 6 heteroatoms. The number of pyridine rings is 1. The molecule has 5 aromatic rings. The lowest BCUT2D eigenvalue weighted by Crippen LogP contribution is -2.52. The van der Waals surface area contributed by atoms with Crippen LogP contribution < -0.4 is 14.5 Å². The summed E-state index contributed by atoms with van der Waals surface area (Å²) < 4.78 is 5.89. The Hall–Kier alpha value is -4.52. The minimum absolute atomic E-state index is 0.0576. The van der Waals surface area contributed by atoms with Crippen molar-refractivity contribution < 1.29 is 14.6 Å². The minimum Gasteiger partial charge on any atom is -0.487 e. The summed E-state index contributed by atoms with van der Waals surface area (Å²) in [6.45, 7) is 0.368. The lowest BCUT2D eigenvalue weighted by atomic mass is 10.1. The van der Waals surface area contributed by atoms with E-state index in [2.05, 4.69) is 10.3 Å². The van der Waals surface area contributed by atoms with E-state index in [1.165, 1.54) is 0 Å². The first-order valence-corrected chi connectivity index (χ1v) is 12.6. The molecular formula is C32H30N3O3+. The third kappa shape index (κ3) is 5.42. The maximum Gasteiger partial charge on any atom is 0.426 e. The van der Waals surface area contributed by atoms with Gasteiger partial charge in [0, 0.05) is 29.7 Å². The van der Waals surface area contributed by atoms with Gasteiger partial charge in [0.1, 0.15) is 23.7 Å². The summed E-state index contributed by atoms with van der Waals surface area (Å²) in [4.78, 5) is 18.2. The SMILES string of the molecule is C[N+](C(=O)NCC(O)c1cccc(OCc2ccc3ccccc3n2)c1)(c1ccccc1)c1ccccc1. The predicted molar refractivity (Wildman–Crippen MR) is 151 cm³/mol. The Morgan fingerprint density at radius 2 is 1.50 bits per heavy atom. The standard InChI is InChI=1S/C32H29N3O3/c1-35(27-13-4-2-5-14-27,28-15-6-3-7-16-28)32(37)33-22-31(36)25-12-10-17-29(21-25)38-23-26-20-19-24-11-8-9-18-30(24)34-26/h2-21,31,36H,22-23H2,1H3/p+1. The van der Waals surface area contributed by atoms with Crippen LogP contribution in [0, 0.1) is 0 Å². The summed E-state index contributed by atoms with van der Waals surface area (Å²) in [7, 11) is 1.85. The largest absolute Gasteiger partial charge is 0.487 e. The Labute approximate surface area is 222 Å². The van der Waals surface area contributed by atoms with Gasteiger partial charge < -0.3 is 15.2 Å². The lowest BCUT2D eigenvalue weighted by molar-refractivity contribution is 0.169. The molecule has 0 spiro atoms. The number of benzene rings is 4. The van der Waals surface area contributed by atoms with Gasteiger partial charge in [-0.3, -0.25) is 0 Å². The van der Waals surface area contributed by atoms with E-state index < -0.39 is 6.10 Å². The Morgan fingerprint density at radius 1 is 0.842 bits per heavy atom. The number of nitrogens with zero attached hydrogens (tertiary/aromatic N) is 2. The Kier molecular flexibility index (Phi) is 7.45. The number of aliphatic hydroxyl groups excluding tert-OH is 1. The van der Waals surface area contributed by atoms with Crippen LogP contribution in [0.3, 0.4) is 0 Å². The van der Waals surface area contributed by atoms with Crippen molar-refractivity contribution in [3.05, 3.63) is 133 Å². The smallest absolute Gasteiger partial charge is 0.426 e. The molecule has 2 N–H and O–H groups in total. The van der Waals surface area contributed by atoms with Gasteiger partial charge in [-0.25, -0.2) is 9.78 Å². The number of hydrogen-bond acceptors (Lipinski definition) is 4. The number of para-hydroxylation sites is 3. The van der Waals surface area contributed by atoms with Gasteiger partial charge in [0.2, 0.25) is 0 Å². The molecule has 1 heterocycles. The van der Waals surface area contributed by atoms with Gasteiger partial charge in [-0.15, -0.1) is 0 Å². The van der Waals surface area contributed by atoms with E-state index >= 15 is 0 Å². The molecule has 0 aliphatic rings. The van der Waals surface area contributed by atoms with E-state index in [1.807, 2.05) is 122 Å². The van der Waals surface area contributed by atoms with E-state index in [-0.39, 0.29) is 17.1 Å². The number of aromatic nitrogens is 1. The molecule has 38 heavy (non-hydrogen) atoms. The number of fused-ring (bicyclic) bond motifs is 1. The molecule has 6 nitrogen and oxygen atoms in total. The van der Waals surface area contributed by atoms with E-state index in [0.29, 0.717) is 17.9 Å². The van der Waals surface area contributed by atoms with Crippen molar-refractivity contribution in [2.24, 2.45) is 0 Å². The second kappa shape index (κ2) is 11.3. The Morgan fingerprint density at radius 3 is 2.21 bits per heavy atom. The number of rotatable bonds is 8. The number of ether oxygens (including phenoxy) is 1. The number of urea groups is 1. The first kappa shape index (κ1) is 25.1. The zero-order chi connectivity index (χ0) is 26.4. The molecule has 1 aromatic heterocycles. The van der Waals surface area contributed by atoms with E-state index in [9.17, 15) is 9.90 Å². The van der Waals surface area contributed by atoms with Gasteiger partial charge in [-0.1, -0.05) is 72.8 Å². The van der Waals surface area contributed by atoms with Crippen molar-refractivity contribution in [3.8, 4) is 5.75 Å². The molecule has 4 aromatic carbocycles. The molecule has 0 saturated carbocycles. The highest BCUT2D eigenvalue weighted by atomic mass is 16.5. The average molecular weight is 505 g/mol. The molecular weight excluding hydrogens is 474 g/mol. The topological polar surface area (TPSA) is 71.5 Å². The average Bonchev–Trinajstić information content (AvgIpc) is 2.99. The van der Waals surface area contributed by atoms with Crippen molar-refractivity contribution in [3.63, 3.8) is 0 Å². The molecule has 190 valence electrons. The van der Waals surface area contributed by atoms with Crippen LogP contribution in [0.25, 0.3) is 10.9 Å². The molecule has 0 aliphatic carbocycles. The predicted octanol–water partition coefficient (Wildman–Crippen LogP) is 6.53. The minimum atomic E-state index is -0.902. The second-order valence-electron chi connectivity index (χ2n) is 9.24. The number of carbonyl (C=O) groups is 1. The van der Waals surface area contributed by atoms with Gasteiger partial charge in [0.15, 0.2) is 0 Å². The van der Waals surface area contributed by atoms with E-state index in [0.717, 1.165) is 28.0 Å². The normalized spacial score (nSPS) is 12.2. The first-order chi connectivity index (χ1) is 18.5. The highest BCUT2D eigenvalue weighted by Gasteiger charge is 2.37. The summed E-state index contributed by atoms with van der Waals surface area (Å²) in [6, 6.07) is 38.2. The fraction of sp³-hybridized carbons (Fsp3) is 0.125. The molecule has 0 fully saturated rings. The lowest BCUT2D eigenvalue weighted by Gasteiger charge is -2.31. The van der Waals surface area contributed by atoms with Gasteiger partial charge in [0.25, 0.3) is 0 Å². The van der Waals surface area contributed by atoms with Crippen LogP contribution in [-0.2, 0) is 6.61 Å². The summed E-state index contributed by atoms with van der Waals surface area (Å²) in [6.07, 6.45) is -0.902. The summed E-state index contributed by atoms with van der Waals surface area (Å²) in [5, 5.41) is 14.9. The highest BCUT2D eigenvalue weighted by molar-refractivity contribution is 5.93. The number of amides is 2. The number of quaternary nitrogens is 1. The summed E-state index contributed by atoms with van der Waals surface area (Å²) in [5.41, 5.74) is 4.04. The zero-order valence-electron chi connectivity index (χ0n) is 21.2. The van der Waals surface area contributed by atoms with Crippen molar-refractivity contribution in [2.75, 3.05) is 13.6 Å². The summed E-state index contributed by atoms with van der Waals surface area (Å²) >= 11 is 0. The summed E-state index contributed by atoms with van der Waals surface area (Å²) in [5.74, 6) is 0.622. The van der Waals surface area contributed by atoms with Gasteiger partial charge in [0.05, 0.1) is 30.9 Å².